The molecular formula is C32H32ClF3N6O4. The number of aromatic nitrogens is 1. The zero-order valence-electron chi connectivity index (χ0n) is 25.3. The Morgan fingerprint density at radius 2 is 1.74 bits per heavy atom. The van der Waals surface area contributed by atoms with Crippen LogP contribution in [0, 0.1) is 0 Å². The van der Waals surface area contributed by atoms with E-state index in [1.165, 1.54) is 12.1 Å². The van der Waals surface area contributed by atoms with Crippen molar-refractivity contribution in [2.24, 2.45) is 0 Å². The summed E-state index contributed by atoms with van der Waals surface area (Å²) in [6, 6.07) is 12.5. The van der Waals surface area contributed by atoms with Gasteiger partial charge in [0.05, 0.1) is 41.8 Å². The van der Waals surface area contributed by atoms with Gasteiger partial charge in [-0.15, -0.1) is 0 Å². The predicted octanol–water partition coefficient (Wildman–Crippen LogP) is 4.91. The molecule has 0 unspecified atom stereocenters. The number of carbonyl (C=O) groups excluding carboxylic acids is 3. The Hall–Kier alpha value is -4.52. The third-order valence-electron chi connectivity index (χ3n) is 8.72. The Kier molecular flexibility index (Phi) is 8.21. The van der Waals surface area contributed by atoms with E-state index in [1.807, 2.05) is 30.0 Å². The number of rotatable bonds is 6. The molecule has 10 nitrogen and oxygen atoms in total. The fraction of sp³-hybridized carbons (Fsp3) is 0.375. The van der Waals surface area contributed by atoms with E-state index < -0.39 is 35.8 Å². The number of urea groups is 1. The number of ether oxygens (including phenoxy) is 1. The van der Waals surface area contributed by atoms with Crippen LogP contribution in [-0.4, -0.2) is 91.1 Å². The van der Waals surface area contributed by atoms with Crippen LogP contribution in [0.5, 0.6) is 5.75 Å². The van der Waals surface area contributed by atoms with Gasteiger partial charge in [0.1, 0.15) is 5.75 Å². The molecule has 3 aliphatic rings. The van der Waals surface area contributed by atoms with Gasteiger partial charge in [-0.1, -0.05) is 23.7 Å². The fourth-order valence-corrected chi connectivity index (χ4v) is 6.62. The van der Waals surface area contributed by atoms with E-state index in [-0.39, 0.29) is 54.4 Å². The van der Waals surface area contributed by atoms with Gasteiger partial charge in [0, 0.05) is 56.3 Å². The molecule has 0 bridgehead atoms. The van der Waals surface area contributed by atoms with Crippen molar-refractivity contribution in [1.82, 2.24) is 20.1 Å². The third-order valence-corrected chi connectivity index (χ3v) is 8.96. The minimum absolute atomic E-state index is 0.0115. The van der Waals surface area contributed by atoms with E-state index in [0.717, 1.165) is 11.0 Å². The van der Waals surface area contributed by atoms with Gasteiger partial charge >= 0.3 is 12.2 Å². The number of carbonyl (C=O) groups is 3. The van der Waals surface area contributed by atoms with E-state index in [4.69, 9.17) is 21.3 Å². The minimum Gasteiger partial charge on any atom is -0.496 e. The molecule has 2 aromatic carbocycles. The van der Waals surface area contributed by atoms with Gasteiger partial charge in [0.25, 0.3) is 5.91 Å². The van der Waals surface area contributed by atoms with Crippen LogP contribution in [-0.2, 0) is 11.0 Å². The van der Waals surface area contributed by atoms with Crippen LogP contribution in [0.2, 0.25) is 5.02 Å². The summed E-state index contributed by atoms with van der Waals surface area (Å²) in [5, 5.41) is 2.87. The molecule has 3 aromatic rings. The van der Waals surface area contributed by atoms with Crippen LogP contribution in [0.1, 0.15) is 29.4 Å². The standard InChI is InChI=1S/C32H32ClF3N6O4/c1-18-14-41-21(17-42(31(41)45)25-10-8-19(33)12-23(25)32(34,35)36)16-40(18)26-11-9-24(22-6-4-5-7-27(22)46-3)38-29(26)30(44)37-20-13-28(43)39(2)15-20/h4-12,18,20-21H,13-17H2,1-3H3,(H,37,44)/t18-,20-,21+/m1/s1. The smallest absolute Gasteiger partial charge is 0.418 e. The van der Waals surface area contributed by atoms with Crippen molar-refractivity contribution in [1.29, 1.82) is 0 Å². The molecule has 3 atom stereocenters. The summed E-state index contributed by atoms with van der Waals surface area (Å²) in [5.41, 5.74) is 0.582. The lowest BCUT2D eigenvalue weighted by Gasteiger charge is -2.43. The van der Waals surface area contributed by atoms with Gasteiger partial charge in [0.2, 0.25) is 5.91 Å². The summed E-state index contributed by atoms with van der Waals surface area (Å²) in [4.78, 5) is 50.5. The lowest BCUT2D eigenvalue weighted by atomic mass is 10.0. The van der Waals surface area contributed by atoms with Crippen LogP contribution in [0.3, 0.4) is 0 Å². The Labute approximate surface area is 268 Å². The zero-order chi connectivity index (χ0) is 32.9. The molecule has 1 aromatic heterocycles. The Bertz CT molecular complexity index is 1700. The Morgan fingerprint density at radius 1 is 1.00 bits per heavy atom. The van der Waals surface area contributed by atoms with Gasteiger partial charge in [0.15, 0.2) is 5.69 Å². The number of benzene rings is 2. The van der Waals surface area contributed by atoms with Gasteiger partial charge < -0.3 is 24.8 Å². The maximum absolute atomic E-state index is 13.9. The zero-order valence-corrected chi connectivity index (χ0v) is 26.1. The topological polar surface area (TPSA) is 98.3 Å². The van der Waals surface area contributed by atoms with E-state index in [1.54, 1.807) is 42.2 Å². The van der Waals surface area contributed by atoms with Crippen molar-refractivity contribution in [2.45, 2.75) is 37.6 Å². The first kappa shape index (κ1) is 31.5. The van der Waals surface area contributed by atoms with Crippen LogP contribution in [0.15, 0.2) is 54.6 Å². The van der Waals surface area contributed by atoms with Crippen LogP contribution < -0.4 is 19.9 Å². The molecule has 3 fully saturated rings. The van der Waals surface area contributed by atoms with Crippen molar-refractivity contribution < 1.29 is 32.3 Å². The van der Waals surface area contributed by atoms with Crippen molar-refractivity contribution >= 4 is 40.8 Å². The highest BCUT2D eigenvalue weighted by atomic mass is 35.5. The summed E-state index contributed by atoms with van der Waals surface area (Å²) < 4.78 is 47.4. The number of amides is 4. The van der Waals surface area contributed by atoms with Gasteiger partial charge in [-0.2, -0.15) is 13.2 Å². The quantitative estimate of drug-likeness (QED) is 0.405. The number of nitrogens with one attached hydrogen (secondary N) is 1. The fourth-order valence-electron chi connectivity index (χ4n) is 6.45. The molecule has 242 valence electrons. The summed E-state index contributed by atoms with van der Waals surface area (Å²) in [7, 11) is 3.22. The molecule has 1 N–H and O–H groups in total. The molecule has 4 amide bonds. The summed E-state index contributed by atoms with van der Waals surface area (Å²) in [6.45, 7) is 2.73. The number of piperazine rings is 1. The first-order valence-corrected chi connectivity index (χ1v) is 15.1. The number of alkyl halides is 3. The van der Waals surface area contributed by atoms with E-state index in [0.29, 0.717) is 29.2 Å². The first-order chi connectivity index (χ1) is 21.8. The summed E-state index contributed by atoms with van der Waals surface area (Å²) >= 11 is 5.88. The predicted molar refractivity (Wildman–Crippen MR) is 166 cm³/mol. The number of nitrogens with zero attached hydrogens (tertiary/aromatic N) is 5. The number of hydrogen-bond acceptors (Lipinski definition) is 6. The molecule has 0 radical (unpaired) electrons. The number of halogens is 4. The lowest BCUT2D eigenvalue weighted by molar-refractivity contribution is -0.137. The second-order valence-corrected chi connectivity index (χ2v) is 12.2. The molecule has 6 rings (SSSR count). The van der Waals surface area contributed by atoms with Crippen molar-refractivity contribution in [3.05, 3.63) is 70.9 Å². The normalized spacial score (nSPS) is 21.6. The highest BCUT2D eigenvalue weighted by Crippen LogP contribution is 2.41. The number of methoxy groups -OCH3 is 1. The van der Waals surface area contributed by atoms with Crippen LogP contribution >= 0.6 is 11.6 Å². The van der Waals surface area contributed by atoms with Gasteiger partial charge in [-0.05, 0) is 49.4 Å². The number of likely N-dealkylation sites (N-methyl/N-ethyl adjacent to an activating group) is 1. The van der Waals surface area contributed by atoms with E-state index in [9.17, 15) is 27.6 Å². The Morgan fingerprint density at radius 3 is 2.43 bits per heavy atom. The summed E-state index contributed by atoms with van der Waals surface area (Å²) in [6.07, 6.45) is -4.54. The Balaban J connectivity index is 1.34. The number of fused-ring (bicyclic) bond motifs is 1. The first-order valence-electron chi connectivity index (χ1n) is 14.8. The third kappa shape index (κ3) is 5.79. The molecule has 46 heavy (non-hydrogen) atoms. The van der Waals surface area contributed by atoms with Crippen molar-refractivity contribution in [3.63, 3.8) is 0 Å². The van der Waals surface area contributed by atoms with Crippen molar-refractivity contribution in [3.8, 4) is 17.0 Å². The average Bonchev–Trinajstić information content (AvgIpc) is 3.51. The minimum atomic E-state index is -4.71. The second kappa shape index (κ2) is 12.0. The largest absolute Gasteiger partial charge is 0.496 e. The van der Waals surface area contributed by atoms with E-state index >= 15 is 0 Å². The molecule has 4 heterocycles. The molecule has 3 aliphatic heterocycles. The van der Waals surface area contributed by atoms with E-state index in [2.05, 4.69) is 5.32 Å². The highest BCUT2D eigenvalue weighted by molar-refractivity contribution is 6.30. The molecule has 14 heteroatoms. The number of hydrogen-bond donors (Lipinski definition) is 1. The monoisotopic (exact) mass is 656 g/mol. The van der Waals surface area contributed by atoms with Crippen molar-refractivity contribution in [2.75, 3.05) is 50.1 Å². The maximum atomic E-state index is 13.9. The second-order valence-electron chi connectivity index (χ2n) is 11.8. The average molecular weight is 657 g/mol. The molecule has 3 saturated heterocycles. The molecule has 0 spiro atoms. The highest BCUT2D eigenvalue weighted by Gasteiger charge is 2.46. The number of para-hydroxylation sites is 1. The van der Waals surface area contributed by atoms with Gasteiger partial charge in [-0.3, -0.25) is 14.5 Å². The lowest BCUT2D eigenvalue weighted by Crippen LogP contribution is -2.57. The van der Waals surface area contributed by atoms with Crippen LogP contribution in [0.25, 0.3) is 11.3 Å². The molecule has 0 aliphatic carbocycles. The number of pyridine rings is 1. The maximum Gasteiger partial charge on any atom is 0.418 e. The molecule has 0 saturated carbocycles. The summed E-state index contributed by atoms with van der Waals surface area (Å²) in [5.74, 6) is 0.0366. The van der Waals surface area contributed by atoms with Gasteiger partial charge in [-0.25, -0.2) is 9.78 Å². The van der Waals surface area contributed by atoms with Crippen LogP contribution in [0.4, 0.5) is 29.3 Å². The number of anilines is 2. The number of likely N-dealkylation sites (tertiary alicyclic amines) is 1. The SMILES string of the molecule is COc1ccccc1-c1ccc(N2C[C@H]3CN(c4ccc(Cl)cc4C(F)(F)F)C(=O)N3C[C@H]2C)c(C(=O)N[C@@H]2CC(=O)N(C)C2)n1. The molecular weight excluding hydrogens is 625 g/mol.